The zero-order chi connectivity index (χ0) is 15.2. The first-order valence-electron chi connectivity index (χ1n) is 6.56. The second-order valence-electron chi connectivity index (χ2n) is 4.58. The number of hydrogen-bond acceptors (Lipinski definition) is 3. The maximum atomic E-state index is 12.2. The third kappa shape index (κ3) is 5.02. The Hall–Kier alpha value is -1.27. The molecule has 6 heteroatoms. The standard InChI is InChI=1S/C14H20F3NO2/c1-3-8-18-10(2)11-6-4-5-7-12(11)20-9-13(19)14(15,16)17/h4-7,10,13,18-19H,3,8-9H2,1-2H3. The summed E-state index contributed by atoms with van der Waals surface area (Å²) < 4.78 is 41.8. The topological polar surface area (TPSA) is 41.5 Å². The highest BCUT2D eigenvalue weighted by atomic mass is 19.4. The molecule has 1 aromatic carbocycles. The number of para-hydroxylation sites is 1. The summed E-state index contributed by atoms with van der Waals surface area (Å²) in [4.78, 5) is 0. The van der Waals surface area contributed by atoms with Gasteiger partial charge in [-0.15, -0.1) is 0 Å². The first-order chi connectivity index (χ1) is 9.36. The Morgan fingerprint density at radius 1 is 1.30 bits per heavy atom. The molecule has 0 bridgehead atoms. The van der Waals surface area contributed by atoms with E-state index >= 15 is 0 Å². The minimum absolute atomic E-state index is 0.0332. The molecule has 2 N–H and O–H groups in total. The molecular formula is C14H20F3NO2. The Labute approximate surface area is 116 Å². The zero-order valence-electron chi connectivity index (χ0n) is 11.6. The average molecular weight is 291 g/mol. The summed E-state index contributed by atoms with van der Waals surface area (Å²) in [5.41, 5.74) is 0.773. The van der Waals surface area contributed by atoms with E-state index in [1.165, 1.54) is 0 Å². The van der Waals surface area contributed by atoms with Crippen molar-refractivity contribution in [2.45, 2.75) is 38.6 Å². The minimum atomic E-state index is -4.67. The van der Waals surface area contributed by atoms with E-state index in [0.29, 0.717) is 5.75 Å². The van der Waals surface area contributed by atoms with Crippen molar-refractivity contribution in [1.82, 2.24) is 5.32 Å². The van der Waals surface area contributed by atoms with E-state index in [-0.39, 0.29) is 6.04 Å². The Kier molecular flexibility index (Phi) is 6.29. The van der Waals surface area contributed by atoms with E-state index in [0.717, 1.165) is 18.5 Å². The molecule has 0 radical (unpaired) electrons. The van der Waals surface area contributed by atoms with Gasteiger partial charge in [-0.3, -0.25) is 0 Å². The molecule has 1 aromatic rings. The molecule has 0 aliphatic carbocycles. The molecule has 0 aromatic heterocycles. The van der Waals surface area contributed by atoms with E-state index in [1.807, 2.05) is 13.8 Å². The molecule has 2 unspecified atom stereocenters. The van der Waals surface area contributed by atoms with Crippen molar-refractivity contribution in [2.75, 3.05) is 13.2 Å². The number of halogens is 3. The lowest BCUT2D eigenvalue weighted by molar-refractivity contribution is -0.210. The number of hydrogen-bond donors (Lipinski definition) is 2. The van der Waals surface area contributed by atoms with Crippen LogP contribution in [-0.4, -0.2) is 30.5 Å². The normalized spacial score (nSPS) is 14.9. The van der Waals surface area contributed by atoms with E-state index in [1.54, 1.807) is 24.3 Å². The number of alkyl halides is 3. The maximum Gasteiger partial charge on any atom is 0.417 e. The molecule has 1 rings (SSSR count). The fourth-order valence-corrected chi connectivity index (χ4v) is 1.70. The van der Waals surface area contributed by atoms with Gasteiger partial charge in [0.2, 0.25) is 0 Å². The Balaban J connectivity index is 2.70. The Morgan fingerprint density at radius 3 is 2.55 bits per heavy atom. The lowest BCUT2D eigenvalue weighted by Gasteiger charge is -2.20. The van der Waals surface area contributed by atoms with Gasteiger partial charge in [0.05, 0.1) is 0 Å². The summed E-state index contributed by atoms with van der Waals surface area (Å²) in [5.74, 6) is 0.354. The third-order valence-electron chi connectivity index (χ3n) is 2.86. The van der Waals surface area contributed by atoms with Crippen LogP contribution in [0.3, 0.4) is 0 Å². The van der Waals surface area contributed by atoms with Gasteiger partial charge in [0.25, 0.3) is 0 Å². The SMILES string of the molecule is CCCNC(C)c1ccccc1OCC(O)C(F)(F)F. The molecule has 0 fully saturated rings. The number of aliphatic hydroxyl groups is 1. The lowest BCUT2D eigenvalue weighted by Crippen LogP contribution is -2.34. The second-order valence-corrected chi connectivity index (χ2v) is 4.58. The van der Waals surface area contributed by atoms with Crippen LogP contribution in [0.5, 0.6) is 5.75 Å². The molecule has 0 spiro atoms. The van der Waals surface area contributed by atoms with Crippen molar-refractivity contribution >= 4 is 0 Å². The van der Waals surface area contributed by atoms with Crippen molar-refractivity contribution in [3.8, 4) is 5.75 Å². The quantitative estimate of drug-likeness (QED) is 0.811. The molecule has 3 nitrogen and oxygen atoms in total. The number of aliphatic hydroxyl groups excluding tert-OH is 1. The molecule has 0 aliphatic rings. The predicted octanol–water partition coefficient (Wildman–Crippen LogP) is 3.05. The van der Waals surface area contributed by atoms with Crippen molar-refractivity contribution in [3.05, 3.63) is 29.8 Å². The van der Waals surface area contributed by atoms with E-state index in [2.05, 4.69) is 5.32 Å². The largest absolute Gasteiger partial charge is 0.490 e. The highest BCUT2D eigenvalue weighted by Gasteiger charge is 2.38. The molecular weight excluding hydrogens is 271 g/mol. The summed E-state index contributed by atoms with van der Waals surface area (Å²) in [6, 6.07) is 6.84. The van der Waals surface area contributed by atoms with Crippen molar-refractivity contribution < 1.29 is 23.0 Å². The van der Waals surface area contributed by atoms with Gasteiger partial charge in [0.15, 0.2) is 6.10 Å². The highest BCUT2D eigenvalue weighted by Crippen LogP contribution is 2.26. The van der Waals surface area contributed by atoms with Crippen LogP contribution < -0.4 is 10.1 Å². The molecule has 0 heterocycles. The van der Waals surface area contributed by atoms with E-state index in [4.69, 9.17) is 9.84 Å². The van der Waals surface area contributed by atoms with Crippen LogP contribution in [-0.2, 0) is 0 Å². The number of rotatable bonds is 7. The number of ether oxygens (including phenoxy) is 1. The van der Waals surface area contributed by atoms with Gasteiger partial charge < -0.3 is 15.2 Å². The maximum absolute atomic E-state index is 12.2. The molecule has 114 valence electrons. The summed E-state index contributed by atoms with van der Waals surface area (Å²) >= 11 is 0. The number of benzene rings is 1. The fraction of sp³-hybridized carbons (Fsp3) is 0.571. The Bertz CT molecular complexity index is 410. The van der Waals surface area contributed by atoms with Crippen molar-refractivity contribution in [3.63, 3.8) is 0 Å². The molecule has 0 aliphatic heterocycles. The summed E-state index contributed by atoms with van der Waals surface area (Å²) in [7, 11) is 0. The van der Waals surface area contributed by atoms with E-state index < -0.39 is 18.9 Å². The van der Waals surface area contributed by atoms with Gasteiger partial charge in [-0.1, -0.05) is 25.1 Å². The molecule has 0 amide bonds. The second kappa shape index (κ2) is 7.50. The van der Waals surface area contributed by atoms with Crippen LogP contribution in [0.4, 0.5) is 13.2 Å². The molecule has 0 saturated heterocycles. The third-order valence-corrected chi connectivity index (χ3v) is 2.86. The minimum Gasteiger partial charge on any atom is -0.490 e. The van der Waals surface area contributed by atoms with Crippen LogP contribution in [0.15, 0.2) is 24.3 Å². The Morgan fingerprint density at radius 2 is 1.95 bits per heavy atom. The fourth-order valence-electron chi connectivity index (χ4n) is 1.70. The first kappa shape index (κ1) is 16.8. The molecule has 2 atom stereocenters. The average Bonchev–Trinajstić information content (AvgIpc) is 2.41. The predicted molar refractivity (Wildman–Crippen MR) is 70.7 cm³/mol. The van der Waals surface area contributed by atoms with Crippen LogP contribution >= 0.6 is 0 Å². The van der Waals surface area contributed by atoms with Gasteiger partial charge in [-0.2, -0.15) is 13.2 Å². The first-order valence-corrected chi connectivity index (χ1v) is 6.56. The lowest BCUT2D eigenvalue weighted by atomic mass is 10.1. The van der Waals surface area contributed by atoms with Crippen LogP contribution in [0.2, 0.25) is 0 Å². The highest BCUT2D eigenvalue weighted by molar-refractivity contribution is 5.35. The van der Waals surface area contributed by atoms with Gasteiger partial charge in [-0.05, 0) is 26.0 Å². The van der Waals surface area contributed by atoms with Gasteiger partial charge >= 0.3 is 6.18 Å². The smallest absolute Gasteiger partial charge is 0.417 e. The van der Waals surface area contributed by atoms with Crippen LogP contribution in [0.25, 0.3) is 0 Å². The van der Waals surface area contributed by atoms with Gasteiger partial charge in [-0.25, -0.2) is 0 Å². The van der Waals surface area contributed by atoms with Crippen molar-refractivity contribution in [2.24, 2.45) is 0 Å². The summed E-state index contributed by atoms with van der Waals surface area (Å²) in [6.45, 7) is 3.95. The summed E-state index contributed by atoms with van der Waals surface area (Å²) in [5, 5.41) is 12.2. The summed E-state index contributed by atoms with van der Waals surface area (Å²) in [6.07, 6.45) is -6.18. The molecule has 0 saturated carbocycles. The van der Waals surface area contributed by atoms with Crippen LogP contribution in [0.1, 0.15) is 31.9 Å². The van der Waals surface area contributed by atoms with Crippen LogP contribution in [0, 0.1) is 0 Å². The monoisotopic (exact) mass is 291 g/mol. The number of nitrogens with one attached hydrogen (secondary N) is 1. The van der Waals surface area contributed by atoms with Crippen molar-refractivity contribution in [1.29, 1.82) is 0 Å². The zero-order valence-corrected chi connectivity index (χ0v) is 11.6. The molecule has 20 heavy (non-hydrogen) atoms. The van der Waals surface area contributed by atoms with E-state index in [9.17, 15) is 13.2 Å². The van der Waals surface area contributed by atoms with Gasteiger partial charge in [0, 0.05) is 11.6 Å². The van der Waals surface area contributed by atoms with Gasteiger partial charge in [0.1, 0.15) is 12.4 Å².